The first-order valence-electron chi connectivity index (χ1n) is 7.35. The first-order chi connectivity index (χ1) is 10.8. The molecular weight excluding hydrogens is 280 g/mol. The Labute approximate surface area is 128 Å². The Kier molecular flexibility index (Phi) is 3.11. The highest BCUT2D eigenvalue weighted by atomic mass is 16.7. The van der Waals surface area contributed by atoms with Crippen molar-refractivity contribution in [2.24, 2.45) is 0 Å². The van der Waals surface area contributed by atoms with Crippen molar-refractivity contribution in [1.29, 1.82) is 0 Å². The van der Waals surface area contributed by atoms with Crippen LogP contribution in [-0.2, 0) is 0 Å². The molecule has 0 bridgehead atoms. The third kappa shape index (κ3) is 2.70. The molecule has 1 fully saturated rings. The van der Waals surface area contributed by atoms with Crippen LogP contribution in [0.25, 0.3) is 0 Å². The average molecular weight is 296 g/mol. The van der Waals surface area contributed by atoms with E-state index in [-0.39, 0.29) is 12.7 Å². The van der Waals surface area contributed by atoms with Gasteiger partial charge in [0, 0.05) is 23.0 Å². The largest absolute Gasteiger partial charge is 0.454 e. The predicted molar refractivity (Wildman–Crippen MR) is 83.6 cm³/mol. The monoisotopic (exact) mass is 296 g/mol. The van der Waals surface area contributed by atoms with Crippen LogP contribution in [0.4, 0.5) is 11.4 Å². The third-order valence-corrected chi connectivity index (χ3v) is 3.73. The summed E-state index contributed by atoms with van der Waals surface area (Å²) in [5, 5.41) is 6.30. The molecule has 1 heterocycles. The summed E-state index contributed by atoms with van der Waals surface area (Å²) in [7, 11) is 0. The van der Waals surface area contributed by atoms with E-state index in [4.69, 9.17) is 9.47 Å². The van der Waals surface area contributed by atoms with Gasteiger partial charge in [-0.15, -0.1) is 0 Å². The minimum Gasteiger partial charge on any atom is -0.454 e. The summed E-state index contributed by atoms with van der Waals surface area (Å²) in [4.78, 5) is 12.3. The number of carbonyl (C=O) groups excluding carboxylic acids is 1. The summed E-state index contributed by atoms with van der Waals surface area (Å²) in [5.41, 5.74) is 2.40. The van der Waals surface area contributed by atoms with Crippen LogP contribution >= 0.6 is 0 Å². The molecule has 0 aromatic heterocycles. The van der Waals surface area contributed by atoms with Crippen molar-refractivity contribution in [1.82, 2.24) is 0 Å². The maximum Gasteiger partial charge on any atom is 0.255 e. The number of carbonyl (C=O) groups is 1. The molecule has 1 aliphatic heterocycles. The minimum atomic E-state index is -0.166. The van der Waals surface area contributed by atoms with Crippen LogP contribution < -0.4 is 20.1 Å². The zero-order valence-corrected chi connectivity index (χ0v) is 12.0. The van der Waals surface area contributed by atoms with Crippen molar-refractivity contribution >= 4 is 17.3 Å². The Bertz CT molecular complexity index is 708. The summed E-state index contributed by atoms with van der Waals surface area (Å²) in [6, 6.07) is 13.5. The second kappa shape index (κ2) is 5.26. The van der Waals surface area contributed by atoms with E-state index in [0.717, 1.165) is 11.4 Å². The van der Waals surface area contributed by atoms with Gasteiger partial charge < -0.3 is 20.1 Å². The second-order valence-electron chi connectivity index (χ2n) is 5.52. The predicted octanol–water partition coefficient (Wildman–Crippen LogP) is 3.24. The molecule has 0 spiro atoms. The maximum atomic E-state index is 12.3. The first-order valence-corrected chi connectivity index (χ1v) is 7.35. The maximum absolute atomic E-state index is 12.3. The minimum absolute atomic E-state index is 0.166. The molecule has 112 valence electrons. The van der Waals surface area contributed by atoms with Crippen molar-refractivity contribution in [3.63, 3.8) is 0 Å². The van der Waals surface area contributed by atoms with E-state index in [0.29, 0.717) is 23.1 Å². The summed E-state index contributed by atoms with van der Waals surface area (Å²) >= 11 is 0. The molecule has 2 aliphatic rings. The quantitative estimate of drug-likeness (QED) is 0.909. The van der Waals surface area contributed by atoms with Crippen molar-refractivity contribution in [2.75, 3.05) is 17.4 Å². The van der Waals surface area contributed by atoms with Gasteiger partial charge in [0.05, 0.1) is 0 Å². The number of hydrogen-bond acceptors (Lipinski definition) is 4. The molecule has 1 aliphatic carbocycles. The number of amides is 1. The standard InChI is InChI=1S/C17H16N2O3/c20-17(11-1-8-15-16(9-11)22-10-21-15)19-14-6-4-13(5-7-14)18-12-2-3-12/h1,4-9,12,18H,2-3,10H2,(H,19,20). The van der Waals surface area contributed by atoms with Gasteiger partial charge in [0.2, 0.25) is 6.79 Å². The lowest BCUT2D eigenvalue weighted by Crippen LogP contribution is -2.11. The van der Waals surface area contributed by atoms with Crippen molar-refractivity contribution in [3.8, 4) is 11.5 Å². The van der Waals surface area contributed by atoms with Crippen molar-refractivity contribution in [3.05, 3.63) is 48.0 Å². The van der Waals surface area contributed by atoms with Gasteiger partial charge in [-0.25, -0.2) is 0 Å². The van der Waals surface area contributed by atoms with Gasteiger partial charge in [0.25, 0.3) is 5.91 Å². The van der Waals surface area contributed by atoms with E-state index < -0.39 is 0 Å². The third-order valence-electron chi connectivity index (χ3n) is 3.73. The summed E-state index contributed by atoms with van der Waals surface area (Å²) in [6.07, 6.45) is 2.48. The van der Waals surface area contributed by atoms with Gasteiger partial charge in [-0.3, -0.25) is 4.79 Å². The lowest BCUT2D eigenvalue weighted by atomic mass is 10.2. The van der Waals surface area contributed by atoms with E-state index in [1.165, 1.54) is 12.8 Å². The molecule has 2 aromatic carbocycles. The fraction of sp³-hybridized carbons (Fsp3) is 0.235. The Morgan fingerprint density at radius 3 is 2.45 bits per heavy atom. The lowest BCUT2D eigenvalue weighted by Gasteiger charge is -2.08. The molecule has 2 N–H and O–H groups in total. The van der Waals surface area contributed by atoms with Crippen molar-refractivity contribution < 1.29 is 14.3 Å². The molecule has 0 atom stereocenters. The highest BCUT2D eigenvalue weighted by Gasteiger charge is 2.20. The average Bonchev–Trinajstić information content (AvgIpc) is 3.22. The SMILES string of the molecule is O=C(Nc1ccc(NC2CC2)cc1)c1ccc2c(c1)OCO2. The number of benzene rings is 2. The van der Waals surface area contributed by atoms with Crippen LogP contribution in [0.3, 0.4) is 0 Å². The molecule has 0 unspecified atom stereocenters. The number of ether oxygens (including phenoxy) is 2. The van der Waals surface area contributed by atoms with Gasteiger partial charge in [0.1, 0.15) is 0 Å². The van der Waals surface area contributed by atoms with Gasteiger partial charge in [-0.05, 0) is 55.3 Å². The molecule has 1 amide bonds. The van der Waals surface area contributed by atoms with Crippen LogP contribution in [0.15, 0.2) is 42.5 Å². The highest BCUT2D eigenvalue weighted by molar-refractivity contribution is 6.04. The number of fused-ring (bicyclic) bond motifs is 1. The molecule has 4 rings (SSSR count). The van der Waals surface area contributed by atoms with E-state index in [1.54, 1.807) is 18.2 Å². The van der Waals surface area contributed by atoms with Crippen LogP contribution in [-0.4, -0.2) is 18.7 Å². The number of anilines is 2. The van der Waals surface area contributed by atoms with Gasteiger partial charge >= 0.3 is 0 Å². The van der Waals surface area contributed by atoms with Gasteiger partial charge in [0.15, 0.2) is 11.5 Å². The fourth-order valence-electron chi connectivity index (χ4n) is 2.35. The number of nitrogens with one attached hydrogen (secondary N) is 2. The van der Waals surface area contributed by atoms with E-state index in [2.05, 4.69) is 10.6 Å². The molecular formula is C17H16N2O3. The normalized spacial score (nSPS) is 15.5. The van der Waals surface area contributed by atoms with Crippen LogP contribution in [0.2, 0.25) is 0 Å². The van der Waals surface area contributed by atoms with Gasteiger partial charge in [-0.1, -0.05) is 0 Å². The van der Waals surface area contributed by atoms with Crippen LogP contribution in [0.5, 0.6) is 11.5 Å². The second-order valence-corrected chi connectivity index (χ2v) is 5.52. The Hall–Kier alpha value is -2.69. The molecule has 0 radical (unpaired) electrons. The van der Waals surface area contributed by atoms with Crippen LogP contribution in [0.1, 0.15) is 23.2 Å². The molecule has 1 saturated carbocycles. The molecule has 5 nitrogen and oxygen atoms in total. The Balaban J connectivity index is 1.44. The zero-order valence-electron chi connectivity index (χ0n) is 12.0. The Morgan fingerprint density at radius 2 is 1.68 bits per heavy atom. The highest BCUT2D eigenvalue weighted by Crippen LogP contribution is 2.32. The number of rotatable bonds is 4. The van der Waals surface area contributed by atoms with Gasteiger partial charge in [-0.2, -0.15) is 0 Å². The van der Waals surface area contributed by atoms with Crippen LogP contribution in [0, 0.1) is 0 Å². The van der Waals surface area contributed by atoms with E-state index in [9.17, 15) is 4.79 Å². The summed E-state index contributed by atoms with van der Waals surface area (Å²) in [5.74, 6) is 1.12. The molecule has 2 aromatic rings. The molecule has 5 heteroatoms. The zero-order chi connectivity index (χ0) is 14.9. The summed E-state index contributed by atoms with van der Waals surface area (Å²) < 4.78 is 10.5. The summed E-state index contributed by atoms with van der Waals surface area (Å²) in [6.45, 7) is 0.204. The first kappa shape index (κ1) is 13.0. The molecule has 0 saturated heterocycles. The lowest BCUT2D eigenvalue weighted by molar-refractivity contribution is 0.102. The van der Waals surface area contributed by atoms with Crippen molar-refractivity contribution in [2.45, 2.75) is 18.9 Å². The smallest absolute Gasteiger partial charge is 0.255 e. The topological polar surface area (TPSA) is 59.6 Å². The number of hydrogen-bond donors (Lipinski definition) is 2. The fourth-order valence-corrected chi connectivity index (χ4v) is 2.35. The Morgan fingerprint density at radius 1 is 0.955 bits per heavy atom. The van der Waals surface area contributed by atoms with E-state index in [1.807, 2.05) is 24.3 Å². The molecule has 22 heavy (non-hydrogen) atoms. The van der Waals surface area contributed by atoms with E-state index >= 15 is 0 Å².